The van der Waals surface area contributed by atoms with E-state index in [0.717, 1.165) is 22.5 Å². The number of amides is 2. The van der Waals surface area contributed by atoms with Gasteiger partial charge in [0.1, 0.15) is 0 Å². The molecule has 3 aromatic carbocycles. The summed E-state index contributed by atoms with van der Waals surface area (Å²) in [5.41, 5.74) is 5.21. The lowest BCUT2D eigenvalue weighted by molar-refractivity contribution is -0.114. The third-order valence-electron chi connectivity index (χ3n) is 4.70. The fourth-order valence-corrected chi connectivity index (χ4v) is 2.97. The summed E-state index contributed by atoms with van der Waals surface area (Å²) in [6, 6.07) is 22.5. The molecule has 0 aromatic heterocycles. The second-order valence-corrected chi connectivity index (χ2v) is 7.00. The zero-order valence-electron chi connectivity index (χ0n) is 16.9. The van der Waals surface area contributed by atoms with Gasteiger partial charge in [-0.3, -0.25) is 9.59 Å². The van der Waals surface area contributed by atoms with Crippen molar-refractivity contribution in [3.05, 3.63) is 89.5 Å². The first-order valence-corrected chi connectivity index (χ1v) is 9.48. The van der Waals surface area contributed by atoms with E-state index < -0.39 is 0 Å². The van der Waals surface area contributed by atoms with E-state index in [-0.39, 0.29) is 18.4 Å². The van der Waals surface area contributed by atoms with E-state index in [9.17, 15) is 9.59 Å². The Bertz CT molecular complexity index is 998. The van der Waals surface area contributed by atoms with Gasteiger partial charge < -0.3 is 15.5 Å². The molecule has 148 valence electrons. The van der Waals surface area contributed by atoms with Gasteiger partial charge in [0, 0.05) is 29.7 Å². The predicted molar refractivity (Wildman–Crippen MR) is 119 cm³/mol. The van der Waals surface area contributed by atoms with Crippen molar-refractivity contribution in [3.63, 3.8) is 0 Å². The van der Waals surface area contributed by atoms with Gasteiger partial charge in [0.25, 0.3) is 5.91 Å². The van der Waals surface area contributed by atoms with Crippen molar-refractivity contribution in [1.29, 1.82) is 0 Å². The third kappa shape index (κ3) is 5.23. The summed E-state index contributed by atoms with van der Waals surface area (Å²) in [5, 5.41) is 6.01. The zero-order chi connectivity index (χ0) is 20.8. The highest BCUT2D eigenvalue weighted by Gasteiger charge is 2.13. The van der Waals surface area contributed by atoms with Crippen LogP contribution in [-0.2, 0) is 4.79 Å². The minimum Gasteiger partial charge on any atom is -0.376 e. The monoisotopic (exact) mass is 387 g/mol. The lowest BCUT2D eigenvalue weighted by Crippen LogP contribution is -2.26. The third-order valence-corrected chi connectivity index (χ3v) is 4.70. The number of nitrogens with zero attached hydrogens (tertiary/aromatic N) is 1. The molecule has 0 unspecified atom stereocenters. The molecule has 0 fully saturated rings. The number of hydrogen-bond acceptors (Lipinski definition) is 3. The molecule has 5 nitrogen and oxygen atoms in total. The highest BCUT2D eigenvalue weighted by molar-refractivity contribution is 6.06. The zero-order valence-corrected chi connectivity index (χ0v) is 16.9. The molecule has 0 radical (unpaired) electrons. The first-order chi connectivity index (χ1) is 13.9. The average Bonchev–Trinajstić information content (AvgIpc) is 2.74. The Morgan fingerprint density at radius 3 is 2.28 bits per heavy atom. The minimum atomic E-state index is -0.147. The van der Waals surface area contributed by atoms with Crippen LogP contribution in [-0.4, -0.2) is 25.4 Å². The number of para-hydroxylation sites is 1. The highest BCUT2D eigenvalue weighted by Crippen LogP contribution is 2.18. The Kier molecular flexibility index (Phi) is 6.29. The van der Waals surface area contributed by atoms with Crippen molar-refractivity contribution >= 4 is 28.9 Å². The molecule has 0 saturated heterocycles. The van der Waals surface area contributed by atoms with Crippen LogP contribution in [0.3, 0.4) is 0 Å². The normalized spacial score (nSPS) is 10.3. The topological polar surface area (TPSA) is 61.4 Å². The predicted octanol–water partition coefficient (Wildman–Crippen LogP) is 4.63. The molecule has 2 N–H and O–H groups in total. The first-order valence-electron chi connectivity index (χ1n) is 9.48. The van der Waals surface area contributed by atoms with Gasteiger partial charge in [-0.15, -0.1) is 0 Å². The van der Waals surface area contributed by atoms with Crippen LogP contribution in [0, 0.1) is 13.8 Å². The molecule has 0 saturated carbocycles. The smallest absolute Gasteiger partial charge is 0.258 e. The largest absolute Gasteiger partial charge is 0.376 e. The van der Waals surface area contributed by atoms with Gasteiger partial charge in [0.05, 0.1) is 6.54 Å². The average molecular weight is 387 g/mol. The van der Waals surface area contributed by atoms with Gasteiger partial charge in [-0.25, -0.2) is 0 Å². The van der Waals surface area contributed by atoms with Crippen molar-refractivity contribution in [1.82, 2.24) is 0 Å². The van der Waals surface area contributed by atoms with E-state index in [1.807, 2.05) is 62.4 Å². The molecular formula is C24H25N3O2. The van der Waals surface area contributed by atoms with Crippen LogP contribution < -0.4 is 15.5 Å². The minimum absolute atomic E-state index is 0.106. The number of carbonyl (C=O) groups is 2. The van der Waals surface area contributed by atoms with E-state index in [1.54, 1.807) is 36.2 Å². The fraction of sp³-hybridized carbons (Fsp3) is 0.167. The van der Waals surface area contributed by atoms with Gasteiger partial charge in [0.2, 0.25) is 5.91 Å². The second-order valence-electron chi connectivity index (χ2n) is 7.00. The summed E-state index contributed by atoms with van der Waals surface area (Å²) in [5.74, 6) is -0.253. The molecule has 0 aliphatic carbocycles. The van der Waals surface area contributed by atoms with Crippen molar-refractivity contribution in [2.45, 2.75) is 13.8 Å². The van der Waals surface area contributed by atoms with Crippen molar-refractivity contribution < 1.29 is 9.59 Å². The Morgan fingerprint density at radius 2 is 1.59 bits per heavy atom. The fourth-order valence-electron chi connectivity index (χ4n) is 2.97. The maximum Gasteiger partial charge on any atom is 0.258 e. The summed E-state index contributed by atoms with van der Waals surface area (Å²) in [7, 11) is 1.74. The molecule has 3 aromatic rings. The van der Waals surface area contributed by atoms with Gasteiger partial charge >= 0.3 is 0 Å². The molecule has 0 heterocycles. The Balaban J connectivity index is 1.58. The summed E-state index contributed by atoms with van der Waals surface area (Å²) < 4.78 is 0. The highest BCUT2D eigenvalue weighted by atomic mass is 16.2. The van der Waals surface area contributed by atoms with Gasteiger partial charge in [-0.2, -0.15) is 0 Å². The summed E-state index contributed by atoms with van der Waals surface area (Å²) in [6.45, 7) is 4.19. The first kappa shape index (κ1) is 20.1. The van der Waals surface area contributed by atoms with Crippen LogP contribution in [0.25, 0.3) is 0 Å². The Morgan fingerprint density at radius 1 is 0.897 bits per heavy atom. The summed E-state index contributed by atoms with van der Waals surface area (Å²) >= 11 is 0. The van der Waals surface area contributed by atoms with E-state index in [4.69, 9.17) is 0 Å². The Hall–Kier alpha value is -3.60. The van der Waals surface area contributed by atoms with Gasteiger partial charge in [-0.05, 0) is 67.4 Å². The molecule has 2 amide bonds. The SMILES string of the molecule is Cc1ccc(C)c(NCC(=O)Nc2ccc(C(=O)N(C)c3ccccc3)cc2)c1. The van der Waals surface area contributed by atoms with Crippen LogP contribution in [0.4, 0.5) is 17.1 Å². The number of rotatable bonds is 6. The van der Waals surface area contributed by atoms with E-state index >= 15 is 0 Å². The maximum atomic E-state index is 12.6. The molecule has 0 bridgehead atoms. The molecule has 3 rings (SSSR count). The number of carbonyl (C=O) groups excluding carboxylic acids is 2. The van der Waals surface area contributed by atoms with E-state index in [2.05, 4.69) is 10.6 Å². The van der Waals surface area contributed by atoms with Crippen LogP contribution in [0.1, 0.15) is 21.5 Å². The quantitative estimate of drug-likeness (QED) is 0.648. The number of aryl methyl sites for hydroxylation is 2. The van der Waals surface area contributed by atoms with E-state index in [0.29, 0.717) is 11.3 Å². The van der Waals surface area contributed by atoms with Crippen LogP contribution >= 0.6 is 0 Å². The molecular weight excluding hydrogens is 362 g/mol. The Labute approximate surface area is 171 Å². The van der Waals surface area contributed by atoms with Gasteiger partial charge in [0.15, 0.2) is 0 Å². The molecule has 0 spiro atoms. The number of hydrogen-bond donors (Lipinski definition) is 2. The van der Waals surface area contributed by atoms with Crippen molar-refractivity contribution in [3.8, 4) is 0 Å². The second kappa shape index (κ2) is 9.06. The van der Waals surface area contributed by atoms with Crippen molar-refractivity contribution in [2.75, 3.05) is 29.1 Å². The van der Waals surface area contributed by atoms with Crippen LogP contribution in [0.2, 0.25) is 0 Å². The maximum absolute atomic E-state index is 12.6. The number of benzene rings is 3. The molecule has 0 aliphatic rings. The van der Waals surface area contributed by atoms with Crippen molar-refractivity contribution in [2.24, 2.45) is 0 Å². The molecule has 5 heteroatoms. The summed E-state index contributed by atoms with van der Waals surface area (Å²) in [6.07, 6.45) is 0. The van der Waals surface area contributed by atoms with Crippen LogP contribution in [0.5, 0.6) is 0 Å². The number of nitrogens with one attached hydrogen (secondary N) is 2. The molecule has 29 heavy (non-hydrogen) atoms. The number of anilines is 3. The standard InChI is InChI=1S/C24H25N3O2/c1-17-9-10-18(2)22(15-17)25-16-23(28)26-20-13-11-19(12-14-20)24(29)27(3)21-7-5-4-6-8-21/h4-15,25H,16H2,1-3H3,(H,26,28). The van der Waals surface area contributed by atoms with Gasteiger partial charge in [-0.1, -0.05) is 30.3 Å². The lowest BCUT2D eigenvalue weighted by atomic mass is 10.1. The van der Waals surface area contributed by atoms with E-state index in [1.165, 1.54) is 0 Å². The van der Waals surface area contributed by atoms with Crippen LogP contribution in [0.15, 0.2) is 72.8 Å². The summed E-state index contributed by atoms with van der Waals surface area (Å²) in [4.78, 5) is 26.5. The lowest BCUT2D eigenvalue weighted by Gasteiger charge is -2.17. The molecule has 0 aliphatic heterocycles. The molecule has 0 atom stereocenters.